The third-order valence-corrected chi connectivity index (χ3v) is 7.63. The largest absolute Gasteiger partial charge is 0.479 e. The molecule has 1 aliphatic heterocycles. The Bertz CT molecular complexity index is 1520. The molecule has 3 aromatic rings. The van der Waals surface area contributed by atoms with E-state index >= 15 is 0 Å². The van der Waals surface area contributed by atoms with Crippen LogP contribution in [0.4, 0.5) is 4.79 Å². The van der Waals surface area contributed by atoms with Crippen LogP contribution in [0.5, 0.6) is 0 Å². The quantitative estimate of drug-likeness (QED) is 0.0780. The fourth-order valence-corrected chi connectivity index (χ4v) is 5.29. The summed E-state index contributed by atoms with van der Waals surface area (Å²) in [5.41, 5.74) is 14.3. The Hall–Kier alpha value is -4.74. The lowest BCUT2D eigenvalue weighted by atomic mass is 9.95. The summed E-state index contributed by atoms with van der Waals surface area (Å²) >= 11 is 0. The van der Waals surface area contributed by atoms with Crippen molar-refractivity contribution in [1.82, 2.24) is 10.2 Å². The number of aliphatic carboxylic acids is 1. The SMILES string of the molecule is Cl.N=C(N)c1ccc(CC2NC(=O)N(CCC(N)(C(=O)O)C(=O)OCC3c4ccccc4-c4ccccc43)C2=O)cc1. The number of amidine groups is 1. The molecule has 5 rings (SSSR count). The molecule has 12 heteroatoms. The van der Waals surface area contributed by atoms with E-state index in [4.69, 9.17) is 21.6 Å². The molecule has 11 nitrogen and oxygen atoms in total. The topological polar surface area (TPSA) is 189 Å². The number of carboxylic acids is 1. The van der Waals surface area contributed by atoms with Crippen molar-refractivity contribution in [3.8, 4) is 11.1 Å². The number of carbonyl (C=O) groups is 4. The van der Waals surface area contributed by atoms with Gasteiger partial charge in [-0.1, -0.05) is 72.8 Å². The van der Waals surface area contributed by atoms with Gasteiger partial charge in [0, 0.05) is 30.9 Å². The molecule has 218 valence electrons. The number of fused-ring (bicyclic) bond motifs is 3. The van der Waals surface area contributed by atoms with Crippen molar-refractivity contribution in [2.45, 2.75) is 30.3 Å². The fourth-order valence-electron chi connectivity index (χ4n) is 5.29. The van der Waals surface area contributed by atoms with Crippen LogP contribution in [-0.2, 0) is 25.5 Å². The van der Waals surface area contributed by atoms with Gasteiger partial charge in [-0.15, -0.1) is 12.4 Å². The van der Waals surface area contributed by atoms with Gasteiger partial charge in [0.2, 0.25) is 5.54 Å². The summed E-state index contributed by atoms with van der Waals surface area (Å²) in [6.45, 7) is -0.510. The van der Waals surface area contributed by atoms with E-state index in [9.17, 15) is 24.3 Å². The average molecular weight is 592 g/mol. The molecule has 0 aromatic heterocycles. The number of imide groups is 1. The first-order valence-corrected chi connectivity index (χ1v) is 13.0. The minimum absolute atomic E-state index is 0. The van der Waals surface area contributed by atoms with Gasteiger partial charge in [0.25, 0.3) is 5.91 Å². The van der Waals surface area contributed by atoms with Gasteiger partial charge in [0.1, 0.15) is 18.5 Å². The summed E-state index contributed by atoms with van der Waals surface area (Å²) < 4.78 is 5.49. The second-order valence-corrected chi connectivity index (χ2v) is 10.2. The molecule has 0 bridgehead atoms. The van der Waals surface area contributed by atoms with E-state index in [1.807, 2.05) is 48.5 Å². The monoisotopic (exact) mass is 591 g/mol. The smallest absolute Gasteiger partial charge is 0.337 e. The van der Waals surface area contributed by atoms with Crippen LogP contribution in [0.15, 0.2) is 72.8 Å². The minimum atomic E-state index is -2.47. The number of nitrogens with two attached hydrogens (primary N) is 2. The summed E-state index contributed by atoms with van der Waals surface area (Å²) in [5.74, 6) is -3.72. The molecule has 0 radical (unpaired) electrons. The molecular formula is C30H30ClN5O6. The predicted molar refractivity (Wildman–Crippen MR) is 156 cm³/mol. The van der Waals surface area contributed by atoms with Crippen molar-refractivity contribution in [1.29, 1.82) is 5.41 Å². The summed E-state index contributed by atoms with van der Waals surface area (Å²) in [4.78, 5) is 51.6. The lowest BCUT2D eigenvalue weighted by Gasteiger charge is -2.25. The molecule has 2 unspecified atom stereocenters. The molecule has 3 aromatic carbocycles. The van der Waals surface area contributed by atoms with Crippen LogP contribution < -0.4 is 16.8 Å². The Balaban J connectivity index is 0.00000405. The molecule has 2 aliphatic rings. The molecule has 0 spiro atoms. The van der Waals surface area contributed by atoms with Gasteiger partial charge in [-0.25, -0.2) is 14.4 Å². The first kappa shape index (κ1) is 30.2. The second-order valence-electron chi connectivity index (χ2n) is 10.2. The van der Waals surface area contributed by atoms with Gasteiger partial charge in [-0.2, -0.15) is 0 Å². The van der Waals surface area contributed by atoms with Crippen molar-refractivity contribution >= 4 is 42.1 Å². The van der Waals surface area contributed by atoms with Gasteiger partial charge in [0.15, 0.2) is 0 Å². The fraction of sp³-hybridized carbons (Fsp3) is 0.233. The highest BCUT2D eigenvalue weighted by Crippen LogP contribution is 2.44. The van der Waals surface area contributed by atoms with Gasteiger partial charge < -0.3 is 26.6 Å². The third kappa shape index (κ3) is 5.56. The van der Waals surface area contributed by atoms with Crippen LogP contribution in [0, 0.1) is 5.41 Å². The number of carboxylic acid groups (broad SMARTS) is 1. The Morgan fingerprint density at radius 3 is 2.10 bits per heavy atom. The third-order valence-electron chi connectivity index (χ3n) is 7.63. The molecular weight excluding hydrogens is 562 g/mol. The zero-order chi connectivity index (χ0) is 29.3. The maximum Gasteiger partial charge on any atom is 0.337 e. The number of rotatable bonds is 10. The van der Waals surface area contributed by atoms with Crippen molar-refractivity contribution in [2.75, 3.05) is 13.2 Å². The maximum atomic E-state index is 13.1. The maximum absolute atomic E-state index is 13.1. The average Bonchev–Trinajstić information content (AvgIpc) is 3.42. The van der Waals surface area contributed by atoms with E-state index in [2.05, 4.69) is 5.32 Å². The van der Waals surface area contributed by atoms with E-state index in [0.717, 1.165) is 32.7 Å². The number of hydrogen-bond donors (Lipinski definition) is 5. The number of nitrogens with zero attached hydrogens (tertiary/aromatic N) is 1. The molecule has 1 fully saturated rings. The van der Waals surface area contributed by atoms with Gasteiger partial charge in [-0.05, 0) is 27.8 Å². The number of hydrogen-bond acceptors (Lipinski definition) is 7. The Labute approximate surface area is 247 Å². The molecule has 1 heterocycles. The van der Waals surface area contributed by atoms with Crippen LogP contribution in [0.25, 0.3) is 11.1 Å². The first-order valence-electron chi connectivity index (χ1n) is 13.0. The second kappa shape index (κ2) is 12.0. The first-order chi connectivity index (χ1) is 19.6. The number of urea groups is 1. The molecule has 1 saturated heterocycles. The number of amides is 3. The number of nitrogen functional groups attached to an aromatic ring is 1. The standard InChI is InChI=1S/C30H29N5O6.ClH/c31-25(32)18-11-9-17(10-12-18)15-24-26(36)35(29(40)34-24)14-13-30(33,27(37)38)28(39)41-16-23-21-7-3-1-5-19(21)20-6-2-4-8-22(20)23;/h1-12,23-24H,13-16,33H2,(H3,31,32)(H,34,40)(H,37,38);1H. The van der Waals surface area contributed by atoms with Gasteiger partial charge in [-0.3, -0.25) is 15.1 Å². The number of nitrogens with one attached hydrogen (secondary N) is 2. The zero-order valence-electron chi connectivity index (χ0n) is 22.4. The van der Waals surface area contributed by atoms with Crippen LogP contribution in [0.3, 0.4) is 0 Å². The number of benzene rings is 3. The van der Waals surface area contributed by atoms with E-state index in [0.29, 0.717) is 5.56 Å². The van der Waals surface area contributed by atoms with E-state index in [-0.39, 0.29) is 37.2 Å². The van der Waals surface area contributed by atoms with Crippen molar-refractivity contribution in [3.05, 3.63) is 95.1 Å². The predicted octanol–water partition coefficient (Wildman–Crippen LogP) is 2.38. The van der Waals surface area contributed by atoms with E-state index < -0.39 is 48.4 Å². The number of carbonyl (C=O) groups excluding carboxylic acids is 3. The number of ether oxygens (including phenoxy) is 1. The van der Waals surface area contributed by atoms with Gasteiger partial charge >= 0.3 is 18.0 Å². The Morgan fingerprint density at radius 2 is 1.55 bits per heavy atom. The van der Waals surface area contributed by atoms with Crippen LogP contribution in [-0.4, -0.2) is 64.5 Å². The highest BCUT2D eigenvalue weighted by Gasteiger charge is 2.47. The Kier molecular flexibility index (Phi) is 8.64. The lowest BCUT2D eigenvalue weighted by molar-refractivity contribution is -0.162. The van der Waals surface area contributed by atoms with Crippen LogP contribution in [0.1, 0.15) is 34.6 Å². The molecule has 2 atom stereocenters. The molecule has 7 N–H and O–H groups in total. The summed E-state index contributed by atoms with van der Waals surface area (Å²) in [6, 6.07) is 20.5. The molecule has 1 aliphatic carbocycles. The highest BCUT2D eigenvalue weighted by molar-refractivity contribution is 6.06. The minimum Gasteiger partial charge on any atom is -0.479 e. The molecule has 3 amide bonds. The van der Waals surface area contributed by atoms with E-state index in [1.165, 1.54) is 0 Å². The number of halogens is 1. The number of esters is 1. The summed E-state index contributed by atoms with van der Waals surface area (Å²) in [5, 5.41) is 19.9. The summed E-state index contributed by atoms with van der Waals surface area (Å²) in [6.07, 6.45) is -0.351. The highest BCUT2D eigenvalue weighted by atomic mass is 35.5. The van der Waals surface area contributed by atoms with Crippen molar-refractivity contribution in [3.63, 3.8) is 0 Å². The lowest BCUT2D eigenvalue weighted by Crippen LogP contribution is -2.57. The van der Waals surface area contributed by atoms with Crippen molar-refractivity contribution < 1.29 is 29.0 Å². The zero-order valence-corrected chi connectivity index (χ0v) is 23.2. The van der Waals surface area contributed by atoms with Gasteiger partial charge in [0.05, 0.1) is 0 Å². The Morgan fingerprint density at radius 1 is 0.976 bits per heavy atom. The van der Waals surface area contributed by atoms with Crippen LogP contribution >= 0.6 is 12.4 Å². The summed E-state index contributed by atoms with van der Waals surface area (Å²) in [7, 11) is 0. The van der Waals surface area contributed by atoms with Crippen LogP contribution in [0.2, 0.25) is 0 Å². The molecule has 0 saturated carbocycles. The normalized spacial score (nSPS) is 17.0. The van der Waals surface area contributed by atoms with E-state index in [1.54, 1.807) is 24.3 Å². The van der Waals surface area contributed by atoms with Crippen molar-refractivity contribution in [2.24, 2.45) is 11.5 Å². The molecule has 42 heavy (non-hydrogen) atoms.